The Kier molecular flexibility index (Phi) is 3.02. The molecule has 0 bridgehead atoms. The van der Waals surface area contributed by atoms with Gasteiger partial charge in [0.05, 0.1) is 5.69 Å². The number of halogens is 4. The summed E-state index contributed by atoms with van der Waals surface area (Å²) in [6, 6.07) is 2.40. The van der Waals surface area contributed by atoms with Crippen LogP contribution in [-0.4, -0.2) is 18.5 Å². The van der Waals surface area contributed by atoms with Crippen molar-refractivity contribution in [3.05, 3.63) is 29.6 Å². The number of amides is 1. The van der Waals surface area contributed by atoms with Crippen LogP contribution in [0.25, 0.3) is 0 Å². The van der Waals surface area contributed by atoms with Gasteiger partial charge in [-0.1, -0.05) is 6.07 Å². The SMILES string of the molecule is NC1CC(=O)N(c2cccc(F)c2C(F)(F)F)C1. The van der Waals surface area contributed by atoms with E-state index in [-0.39, 0.29) is 13.0 Å². The predicted octanol–water partition coefficient (Wildman–Crippen LogP) is 1.91. The first-order chi connectivity index (χ1) is 8.30. The summed E-state index contributed by atoms with van der Waals surface area (Å²) in [5, 5.41) is 0. The van der Waals surface area contributed by atoms with Gasteiger partial charge in [-0.3, -0.25) is 4.79 Å². The zero-order chi connectivity index (χ0) is 13.5. The summed E-state index contributed by atoms with van der Waals surface area (Å²) in [5.74, 6) is -1.92. The van der Waals surface area contributed by atoms with Gasteiger partial charge in [0.15, 0.2) is 0 Å². The number of hydrogen-bond donors (Lipinski definition) is 1. The van der Waals surface area contributed by atoms with E-state index in [4.69, 9.17) is 5.73 Å². The predicted molar refractivity (Wildman–Crippen MR) is 56.3 cm³/mol. The first kappa shape index (κ1) is 12.8. The van der Waals surface area contributed by atoms with Crippen molar-refractivity contribution in [2.24, 2.45) is 5.73 Å². The Morgan fingerprint density at radius 2 is 2.00 bits per heavy atom. The fourth-order valence-corrected chi connectivity index (χ4v) is 1.99. The third kappa shape index (κ3) is 2.17. The van der Waals surface area contributed by atoms with Gasteiger partial charge in [-0.25, -0.2) is 4.39 Å². The molecule has 3 nitrogen and oxygen atoms in total. The molecule has 0 saturated carbocycles. The summed E-state index contributed by atoms with van der Waals surface area (Å²) in [6.45, 7) is -0.0363. The minimum Gasteiger partial charge on any atom is -0.326 e. The maximum Gasteiger partial charge on any atom is 0.421 e. The second kappa shape index (κ2) is 4.24. The number of benzene rings is 1. The van der Waals surface area contributed by atoms with Gasteiger partial charge < -0.3 is 10.6 Å². The number of nitrogens with zero attached hydrogens (tertiary/aromatic N) is 1. The smallest absolute Gasteiger partial charge is 0.326 e. The number of anilines is 1. The second-order valence-corrected chi connectivity index (χ2v) is 4.10. The largest absolute Gasteiger partial charge is 0.421 e. The standard InChI is InChI=1S/C11H10F4N2O/c12-7-2-1-3-8(10(7)11(13,14)15)17-5-6(16)4-9(17)18/h1-3,6H,4-5,16H2. The van der Waals surface area contributed by atoms with Crippen molar-refractivity contribution in [3.63, 3.8) is 0 Å². The number of hydrogen-bond acceptors (Lipinski definition) is 2. The van der Waals surface area contributed by atoms with E-state index in [1.54, 1.807) is 0 Å². The Morgan fingerprint density at radius 3 is 2.50 bits per heavy atom. The third-order valence-electron chi connectivity index (χ3n) is 2.72. The van der Waals surface area contributed by atoms with Crippen molar-refractivity contribution in [3.8, 4) is 0 Å². The zero-order valence-corrected chi connectivity index (χ0v) is 9.17. The van der Waals surface area contributed by atoms with Gasteiger partial charge in [-0.15, -0.1) is 0 Å². The van der Waals surface area contributed by atoms with Crippen molar-refractivity contribution in [2.45, 2.75) is 18.6 Å². The van der Waals surface area contributed by atoms with Crippen LogP contribution in [0.5, 0.6) is 0 Å². The van der Waals surface area contributed by atoms with Crippen LogP contribution in [0.15, 0.2) is 18.2 Å². The highest BCUT2D eigenvalue weighted by molar-refractivity contribution is 5.97. The van der Waals surface area contributed by atoms with E-state index in [1.807, 2.05) is 0 Å². The molecule has 0 aromatic heterocycles. The Hall–Kier alpha value is -1.63. The maximum absolute atomic E-state index is 13.3. The molecule has 1 saturated heterocycles. The Balaban J connectivity index is 2.52. The van der Waals surface area contributed by atoms with Crippen LogP contribution in [0.2, 0.25) is 0 Å². The molecule has 1 unspecified atom stereocenters. The van der Waals surface area contributed by atoms with Crippen LogP contribution in [0.4, 0.5) is 23.2 Å². The summed E-state index contributed by atoms with van der Waals surface area (Å²) in [4.78, 5) is 12.4. The van der Waals surface area contributed by atoms with Crippen molar-refractivity contribution in [1.29, 1.82) is 0 Å². The summed E-state index contributed by atoms with van der Waals surface area (Å²) in [7, 11) is 0. The van der Waals surface area contributed by atoms with Gasteiger partial charge in [0.2, 0.25) is 5.91 Å². The lowest BCUT2D eigenvalue weighted by atomic mass is 10.1. The van der Waals surface area contributed by atoms with Gasteiger partial charge in [0.1, 0.15) is 11.4 Å². The molecule has 18 heavy (non-hydrogen) atoms. The van der Waals surface area contributed by atoms with E-state index in [1.165, 1.54) is 0 Å². The topological polar surface area (TPSA) is 46.3 Å². The second-order valence-electron chi connectivity index (χ2n) is 4.10. The first-order valence-corrected chi connectivity index (χ1v) is 5.22. The Labute approximate surface area is 100 Å². The van der Waals surface area contributed by atoms with E-state index < -0.39 is 35.2 Å². The average molecular weight is 262 g/mol. The van der Waals surface area contributed by atoms with Gasteiger partial charge in [-0.2, -0.15) is 13.2 Å². The molecule has 7 heteroatoms. The quantitative estimate of drug-likeness (QED) is 0.786. The number of carbonyl (C=O) groups excluding carboxylic acids is 1. The molecule has 1 heterocycles. The first-order valence-electron chi connectivity index (χ1n) is 5.22. The number of rotatable bonds is 1. The van der Waals surface area contributed by atoms with Crippen LogP contribution in [0, 0.1) is 5.82 Å². The zero-order valence-electron chi connectivity index (χ0n) is 9.17. The molecule has 1 aliphatic rings. The molecule has 0 aliphatic carbocycles. The van der Waals surface area contributed by atoms with Crippen molar-refractivity contribution in [1.82, 2.24) is 0 Å². The normalized spacial score (nSPS) is 20.6. The highest BCUT2D eigenvalue weighted by Gasteiger charge is 2.40. The fourth-order valence-electron chi connectivity index (χ4n) is 1.99. The average Bonchev–Trinajstić information content (AvgIpc) is 2.55. The Morgan fingerprint density at radius 1 is 1.33 bits per heavy atom. The molecular weight excluding hydrogens is 252 g/mol. The number of alkyl halides is 3. The van der Waals surface area contributed by atoms with E-state index >= 15 is 0 Å². The summed E-state index contributed by atoms with van der Waals surface area (Å²) in [6.07, 6.45) is -4.89. The summed E-state index contributed by atoms with van der Waals surface area (Å²) < 4.78 is 51.7. The third-order valence-corrected chi connectivity index (χ3v) is 2.72. The van der Waals surface area contributed by atoms with E-state index in [0.29, 0.717) is 6.07 Å². The minimum atomic E-state index is -4.85. The van der Waals surface area contributed by atoms with Crippen LogP contribution in [0.1, 0.15) is 12.0 Å². The molecule has 1 amide bonds. The number of nitrogens with two attached hydrogens (primary N) is 1. The molecule has 2 rings (SSSR count). The van der Waals surface area contributed by atoms with Crippen molar-refractivity contribution < 1.29 is 22.4 Å². The monoisotopic (exact) mass is 262 g/mol. The van der Waals surface area contributed by atoms with Gasteiger partial charge in [0.25, 0.3) is 0 Å². The molecule has 0 radical (unpaired) electrons. The lowest BCUT2D eigenvalue weighted by Crippen LogP contribution is -2.30. The molecule has 1 aromatic rings. The van der Waals surface area contributed by atoms with Gasteiger partial charge in [0, 0.05) is 19.0 Å². The van der Waals surface area contributed by atoms with Crippen LogP contribution >= 0.6 is 0 Å². The van der Waals surface area contributed by atoms with Crippen LogP contribution < -0.4 is 10.6 Å². The summed E-state index contributed by atoms with van der Waals surface area (Å²) >= 11 is 0. The molecule has 1 aliphatic heterocycles. The van der Waals surface area contributed by atoms with E-state index in [2.05, 4.69) is 0 Å². The van der Waals surface area contributed by atoms with Crippen LogP contribution in [0.3, 0.4) is 0 Å². The summed E-state index contributed by atoms with van der Waals surface area (Å²) in [5.41, 5.74) is 3.62. The molecule has 1 aromatic carbocycles. The molecule has 2 N–H and O–H groups in total. The maximum atomic E-state index is 13.3. The molecule has 98 valence electrons. The van der Waals surface area contributed by atoms with E-state index in [0.717, 1.165) is 17.0 Å². The lowest BCUT2D eigenvalue weighted by Gasteiger charge is -2.21. The van der Waals surface area contributed by atoms with Crippen molar-refractivity contribution in [2.75, 3.05) is 11.4 Å². The van der Waals surface area contributed by atoms with Crippen molar-refractivity contribution >= 4 is 11.6 Å². The van der Waals surface area contributed by atoms with E-state index in [9.17, 15) is 22.4 Å². The molecule has 1 atom stereocenters. The molecular formula is C11H10F4N2O. The minimum absolute atomic E-state index is 0.0339. The molecule has 0 spiro atoms. The highest BCUT2D eigenvalue weighted by Crippen LogP contribution is 2.39. The van der Waals surface area contributed by atoms with Gasteiger partial charge >= 0.3 is 6.18 Å². The van der Waals surface area contributed by atoms with Crippen LogP contribution in [-0.2, 0) is 11.0 Å². The number of carbonyl (C=O) groups is 1. The Bertz CT molecular complexity index is 486. The lowest BCUT2D eigenvalue weighted by molar-refractivity contribution is -0.139. The highest BCUT2D eigenvalue weighted by atomic mass is 19.4. The van der Waals surface area contributed by atoms with Gasteiger partial charge in [-0.05, 0) is 12.1 Å². The fraction of sp³-hybridized carbons (Fsp3) is 0.364. The molecule has 1 fully saturated rings.